The van der Waals surface area contributed by atoms with Crippen molar-refractivity contribution in [1.82, 2.24) is 9.97 Å². The van der Waals surface area contributed by atoms with Crippen molar-refractivity contribution in [3.8, 4) is 0 Å². The van der Waals surface area contributed by atoms with Gasteiger partial charge in [-0.3, -0.25) is 9.78 Å². The molecule has 0 aromatic carbocycles. The maximum absolute atomic E-state index is 12.6. The summed E-state index contributed by atoms with van der Waals surface area (Å²) in [5.41, 5.74) is -0.750. The van der Waals surface area contributed by atoms with E-state index < -0.39 is 11.4 Å². The number of hydrogen-bond acceptors (Lipinski definition) is 4. The van der Waals surface area contributed by atoms with Gasteiger partial charge >= 0.3 is 0 Å². The van der Waals surface area contributed by atoms with E-state index in [1.54, 1.807) is 0 Å². The predicted molar refractivity (Wildman–Crippen MR) is 52.3 cm³/mol. The van der Waals surface area contributed by atoms with Gasteiger partial charge < -0.3 is 10.1 Å². The van der Waals surface area contributed by atoms with Gasteiger partial charge in [0.25, 0.3) is 5.56 Å². The van der Waals surface area contributed by atoms with Gasteiger partial charge in [0.2, 0.25) is 11.8 Å². The summed E-state index contributed by atoms with van der Waals surface area (Å²) in [6, 6.07) is 0.229. The molecule has 1 fully saturated rings. The normalized spacial score (nSPS) is 17.7. The Morgan fingerprint density at radius 3 is 2.93 bits per heavy atom. The van der Waals surface area contributed by atoms with E-state index in [9.17, 15) is 9.18 Å². The van der Waals surface area contributed by atoms with Crippen molar-refractivity contribution in [3.05, 3.63) is 22.4 Å². The van der Waals surface area contributed by atoms with Crippen molar-refractivity contribution in [2.75, 3.05) is 18.5 Å². The molecule has 0 saturated carbocycles. The Labute approximate surface area is 85.7 Å². The summed E-state index contributed by atoms with van der Waals surface area (Å²) >= 11 is 0. The molecule has 1 aromatic rings. The second-order valence-electron chi connectivity index (χ2n) is 3.44. The minimum atomic E-state index is -0.868. The first-order valence-corrected chi connectivity index (χ1v) is 4.85. The largest absolute Gasteiger partial charge is 0.381 e. The van der Waals surface area contributed by atoms with Crippen molar-refractivity contribution >= 4 is 5.95 Å². The van der Waals surface area contributed by atoms with E-state index in [1.807, 2.05) is 0 Å². The first-order valence-electron chi connectivity index (χ1n) is 4.85. The standard InChI is InChI=1S/C9H12FN3O2/c10-7-5-11-9(13-8(7)14)12-6-1-3-15-4-2-6/h5-6H,1-4H2,(H2,11,12,13,14). The van der Waals surface area contributed by atoms with E-state index in [0.717, 1.165) is 19.0 Å². The van der Waals surface area contributed by atoms with Crippen LogP contribution in [0.3, 0.4) is 0 Å². The van der Waals surface area contributed by atoms with Crippen LogP contribution >= 0.6 is 0 Å². The molecule has 0 radical (unpaired) electrons. The lowest BCUT2D eigenvalue weighted by molar-refractivity contribution is 0.0903. The molecule has 0 spiro atoms. The molecule has 1 aliphatic rings. The first kappa shape index (κ1) is 10.1. The zero-order valence-electron chi connectivity index (χ0n) is 8.12. The number of aromatic nitrogens is 2. The van der Waals surface area contributed by atoms with Crippen molar-refractivity contribution in [2.24, 2.45) is 0 Å². The fraction of sp³-hybridized carbons (Fsp3) is 0.556. The van der Waals surface area contributed by atoms with E-state index in [1.165, 1.54) is 0 Å². The molecule has 2 N–H and O–H groups in total. The van der Waals surface area contributed by atoms with Crippen LogP contribution in [0.1, 0.15) is 12.8 Å². The Hall–Kier alpha value is -1.43. The van der Waals surface area contributed by atoms with Crippen LogP contribution in [0.5, 0.6) is 0 Å². The molecular weight excluding hydrogens is 201 g/mol. The smallest absolute Gasteiger partial charge is 0.288 e. The third-order valence-electron chi connectivity index (χ3n) is 2.32. The fourth-order valence-electron chi connectivity index (χ4n) is 1.49. The highest BCUT2D eigenvalue weighted by Crippen LogP contribution is 2.10. The van der Waals surface area contributed by atoms with Gasteiger partial charge in [-0.1, -0.05) is 0 Å². The lowest BCUT2D eigenvalue weighted by Crippen LogP contribution is -2.29. The maximum atomic E-state index is 12.6. The number of nitrogens with zero attached hydrogens (tertiary/aromatic N) is 1. The van der Waals surface area contributed by atoms with E-state index in [0.29, 0.717) is 19.2 Å². The molecular formula is C9H12FN3O2. The number of halogens is 1. The molecule has 2 rings (SSSR count). The highest BCUT2D eigenvalue weighted by atomic mass is 19.1. The van der Waals surface area contributed by atoms with Gasteiger partial charge in [-0.15, -0.1) is 0 Å². The third kappa shape index (κ3) is 2.53. The Morgan fingerprint density at radius 2 is 2.27 bits per heavy atom. The maximum Gasteiger partial charge on any atom is 0.288 e. The summed E-state index contributed by atoms with van der Waals surface area (Å²) in [6.45, 7) is 1.40. The molecule has 0 bridgehead atoms. The van der Waals surface area contributed by atoms with Gasteiger partial charge in [0.15, 0.2) is 0 Å². The number of H-pyrrole nitrogens is 1. The van der Waals surface area contributed by atoms with Crippen LogP contribution in [0.2, 0.25) is 0 Å². The number of hydrogen-bond donors (Lipinski definition) is 2. The van der Waals surface area contributed by atoms with Crippen LogP contribution in [0.4, 0.5) is 10.3 Å². The highest BCUT2D eigenvalue weighted by Gasteiger charge is 2.14. The Balaban J connectivity index is 2.03. The molecule has 15 heavy (non-hydrogen) atoms. The average molecular weight is 213 g/mol. The van der Waals surface area contributed by atoms with E-state index in [2.05, 4.69) is 15.3 Å². The topological polar surface area (TPSA) is 67.0 Å². The van der Waals surface area contributed by atoms with E-state index in [4.69, 9.17) is 4.74 Å². The second kappa shape index (κ2) is 4.39. The number of aromatic amines is 1. The molecule has 5 nitrogen and oxygen atoms in total. The van der Waals surface area contributed by atoms with Crippen LogP contribution in [0.25, 0.3) is 0 Å². The molecule has 2 heterocycles. The Morgan fingerprint density at radius 1 is 1.53 bits per heavy atom. The van der Waals surface area contributed by atoms with E-state index >= 15 is 0 Å². The summed E-state index contributed by atoms with van der Waals surface area (Å²) in [4.78, 5) is 17.0. The molecule has 1 aliphatic heterocycles. The van der Waals surface area contributed by atoms with Gasteiger partial charge in [0.05, 0.1) is 6.20 Å². The van der Waals surface area contributed by atoms with E-state index in [-0.39, 0.29) is 6.04 Å². The fourth-order valence-corrected chi connectivity index (χ4v) is 1.49. The summed E-state index contributed by atoms with van der Waals surface area (Å²) < 4.78 is 17.8. The molecule has 0 aliphatic carbocycles. The molecule has 1 saturated heterocycles. The van der Waals surface area contributed by atoms with Crippen LogP contribution in [0.15, 0.2) is 11.0 Å². The number of anilines is 1. The molecule has 82 valence electrons. The molecule has 0 unspecified atom stereocenters. The van der Waals surface area contributed by atoms with Crippen molar-refractivity contribution in [2.45, 2.75) is 18.9 Å². The second-order valence-corrected chi connectivity index (χ2v) is 3.44. The Kier molecular flexibility index (Phi) is 2.96. The van der Waals surface area contributed by atoms with Crippen LogP contribution in [-0.2, 0) is 4.74 Å². The molecule has 0 amide bonds. The monoisotopic (exact) mass is 213 g/mol. The zero-order chi connectivity index (χ0) is 10.7. The van der Waals surface area contributed by atoms with Gasteiger partial charge in [0.1, 0.15) is 0 Å². The van der Waals surface area contributed by atoms with Gasteiger partial charge in [0, 0.05) is 19.3 Å². The SMILES string of the molecule is O=c1[nH]c(NC2CCOCC2)ncc1F. The molecule has 0 atom stereocenters. The average Bonchev–Trinajstić information content (AvgIpc) is 2.25. The van der Waals surface area contributed by atoms with Gasteiger partial charge in [-0.2, -0.15) is 4.39 Å². The van der Waals surface area contributed by atoms with Crippen LogP contribution < -0.4 is 10.9 Å². The van der Waals surface area contributed by atoms with Crippen molar-refractivity contribution in [3.63, 3.8) is 0 Å². The van der Waals surface area contributed by atoms with Crippen molar-refractivity contribution in [1.29, 1.82) is 0 Å². The minimum absolute atomic E-state index is 0.229. The molecule has 6 heteroatoms. The quantitative estimate of drug-likeness (QED) is 0.750. The summed E-state index contributed by atoms with van der Waals surface area (Å²) in [5, 5.41) is 3.04. The minimum Gasteiger partial charge on any atom is -0.381 e. The Bertz CT molecular complexity index is 387. The predicted octanol–water partition coefficient (Wildman–Crippen LogP) is 0.500. The van der Waals surface area contributed by atoms with Crippen molar-refractivity contribution < 1.29 is 9.13 Å². The molecule has 1 aromatic heterocycles. The lowest BCUT2D eigenvalue weighted by Gasteiger charge is -2.23. The number of nitrogens with one attached hydrogen (secondary N) is 2. The van der Waals surface area contributed by atoms with Crippen LogP contribution in [0, 0.1) is 5.82 Å². The summed E-state index contributed by atoms with van der Waals surface area (Å²) in [7, 11) is 0. The third-order valence-corrected chi connectivity index (χ3v) is 2.32. The first-order chi connectivity index (χ1) is 7.25. The zero-order valence-corrected chi connectivity index (χ0v) is 8.12. The number of ether oxygens (including phenoxy) is 1. The summed E-state index contributed by atoms with van der Waals surface area (Å²) in [6.07, 6.45) is 2.64. The lowest BCUT2D eigenvalue weighted by atomic mass is 10.1. The van der Waals surface area contributed by atoms with Gasteiger partial charge in [-0.25, -0.2) is 4.98 Å². The van der Waals surface area contributed by atoms with Gasteiger partial charge in [-0.05, 0) is 12.8 Å². The number of rotatable bonds is 2. The van der Waals surface area contributed by atoms with Crippen LogP contribution in [-0.4, -0.2) is 29.2 Å². The highest BCUT2D eigenvalue weighted by molar-refractivity contribution is 5.24. The summed E-state index contributed by atoms with van der Waals surface area (Å²) in [5.74, 6) is -0.555.